The van der Waals surface area contributed by atoms with Gasteiger partial charge in [-0.05, 0) is 6.07 Å². The van der Waals surface area contributed by atoms with Crippen LogP contribution in [0.4, 0.5) is 0 Å². The fourth-order valence-corrected chi connectivity index (χ4v) is 2.12. The molecular formula is C7H5Cl4NO3S. The Morgan fingerprint density at radius 1 is 1.38 bits per heavy atom. The predicted octanol–water partition coefficient (Wildman–Crippen LogP) is 2.51. The van der Waals surface area contributed by atoms with Crippen LogP contribution in [0.3, 0.4) is 0 Å². The highest BCUT2D eigenvalue weighted by Gasteiger charge is 2.34. The van der Waals surface area contributed by atoms with Gasteiger partial charge in [-0.1, -0.05) is 34.8 Å². The summed E-state index contributed by atoms with van der Waals surface area (Å²) in [4.78, 5) is 11.3. The summed E-state index contributed by atoms with van der Waals surface area (Å²) in [6, 6.07) is 1.05. The third-order valence-electron chi connectivity index (χ3n) is 1.75. The van der Waals surface area contributed by atoms with E-state index >= 15 is 0 Å². The van der Waals surface area contributed by atoms with Crippen molar-refractivity contribution in [3.8, 4) is 0 Å². The number of Topliss-reactive ketones (excluding diaryl/α,β-unsaturated/α-hetero) is 1. The van der Waals surface area contributed by atoms with Crippen molar-refractivity contribution in [1.29, 1.82) is 0 Å². The Morgan fingerprint density at radius 3 is 2.19 bits per heavy atom. The molecule has 0 aliphatic heterocycles. The molecule has 0 atom stereocenters. The van der Waals surface area contributed by atoms with Crippen molar-refractivity contribution in [2.24, 2.45) is 7.05 Å². The summed E-state index contributed by atoms with van der Waals surface area (Å²) in [5.41, 5.74) is -0.0563. The van der Waals surface area contributed by atoms with Crippen molar-refractivity contribution >= 4 is 60.3 Å². The maximum absolute atomic E-state index is 11.6. The van der Waals surface area contributed by atoms with Crippen molar-refractivity contribution in [3.63, 3.8) is 0 Å². The van der Waals surface area contributed by atoms with Gasteiger partial charge in [0.25, 0.3) is 12.8 Å². The number of nitrogens with zero attached hydrogens (tertiary/aromatic N) is 1. The first-order chi connectivity index (χ1) is 7.03. The Kier molecular flexibility index (Phi) is 3.87. The van der Waals surface area contributed by atoms with Crippen LogP contribution < -0.4 is 0 Å². The Balaban J connectivity index is 3.29. The molecule has 4 nitrogen and oxygen atoms in total. The predicted molar refractivity (Wildman–Crippen MR) is 63.1 cm³/mol. The minimum Gasteiger partial charge on any atom is -0.347 e. The summed E-state index contributed by atoms with van der Waals surface area (Å²) in [6.07, 6.45) is 1.16. The van der Waals surface area contributed by atoms with E-state index in [1.54, 1.807) is 0 Å². The van der Waals surface area contributed by atoms with Gasteiger partial charge in [0.05, 0.1) is 5.69 Å². The normalized spacial score (nSPS) is 12.8. The first-order valence-corrected chi connectivity index (χ1v) is 7.20. The van der Waals surface area contributed by atoms with Crippen molar-refractivity contribution < 1.29 is 13.2 Å². The molecule has 0 saturated heterocycles. The van der Waals surface area contributed by atoms with Crippen LogP contribution in [0.15, 0.2) is 17.2 Å². The Morgan fingerprint density at radius 2 is 1.88 bits per heavy atom. The van der Waals surface area contributed by atoms with Gasteiger partial charge in [-0.2, -0.15) is 0 Å². The fourth-order valence-electron chi connectivity index (χ4n) is 1.04. The standard InChI is InChI=1S/C7H5Cl4NO3S/c1-12-3-4(16(11,14)15)2-5(12)6(13)7(8,9)10/h2-3H,1H3. The van der Waals surface area contributed by atoms with Crippen LogP contribution in [-0.4, -0.2) is 22.6 Å². The molecule has 0 aromatic carbocycles. The molecule has 1 rings (SSSR count). The van der Waals surface area contributed by atoms with Gasteiger partial charge in [0, 0.05) is 23.9 Å². The van der Waals surface area contributed by atoms with E-state index < -0.39 is 18.6 Å². The van der Waals surface area contributed by atoms with E-state index in [-0.39, 0.29) is 10.6 Å². The molecule has 0 saturated carbocycles. The van der Waals surface area contributed by atoms with E-state index in [9.17, 15) is 13.2 Å². The molecule has 0 aliphatic rings. The zero-order chi connectivity index (χ0) is 12.7. The van der Waals surface area contributed by atoms with Crippen molar-refractivity contribution in [3.05, 3.63) is 18.0 Å². The monoisotopic (exact) mass is 323 g/mol. The van der Waals surface area contributed by atoms with Crippen LogP contribution in [0.25, 0.3) is 0 Å². The van der Waals surface area contributed by atoms with Gasteiger partial charge >= 0.3 is 0 Å². The highest BCUT2D eigenvalue weighted by Crippen LogP contribution is 2.31. The second-order valence-corrected chi connectivity index (χ2v) is 7.78. The van der Waals surface area contributed by atoms with E-state index in [2.05, 4.69) is 0 Å². The molecule has 0 radical (unpaired) electrons. The summed E-state index contributed by atoms with van der Waals surface area (Å²) in [5.74, 6) is -0.827. The minimum absolute atomic E-state index is 0.0563. The quantitative estimate of drug-likeness (QED) is 0.477. The number of rotatable bonds is 2. The smallest absolute Gasteiger partial charge is 0.262 e. The van der Waals surface area contributed by atoms with Crippen molar-refractivity contribution in [2.45, 2.75) is 8.69 Å². The average Bonchev–Trinajstić information content (AvgIpc) is 2.43. The first-order valence-electron chi connectivity index (χ1n) is 3.76. The molecule has 0 N–H and O–H groups in total. The molecule has 90 valence electrons. The number of aryl methyl sites for hydroxylation is 1. The van der Waals surface area contributed by atoms with E-state index in [4.69, 9.17) is 45.5 Å². The number of carbonyl (C=O) groups excluding carboxylic acids is 1. The zero-order valence-corrected chi connectivity index (χ0v) is 11.6. The van der Waals surface area contributed by atoms with Gasteiger partial charge in [-0.25, -0.2) is 8.42 Å². The zero-order valence-electron chi connectivity index (χ0n) is 7.75. The number of aromatic nitrogens is 1. The van der Waals surface area contributed by atoms with Crippen LogP contribution in [0.1, 0.15) is 10.5 Å². The second kappa shape index (κ2) is 4.38. The number of alkyl halides is 3. The third-order valence-corrected chi connectivity index (χ3v) is 3.59. The van der Waals surface area contributed by atoms with Crippen LogP contribution in [0, 0.1) is 0 Å². The van der Waals surface area contributed by atoms with Gasteiger partial charge in [-0.3, -0.25) is 4.79 Å². The number of halogens is 4. The molecule has 0 fully saturated rings. The lowest BCUT2D eigenvalue weighted by atomic mass is 10.3. The first kappa shape index (κ1) is 14.1. The van der Waals surface area contributed by atoms with Gasteiger partial charge in [0.1, 0.15) is 4.90 Å². The number of ketones is 1. The Bertz CT molecular complexity index is 528. The van der Waals surface area contributed by atoms with E-state index in [1.165, 1.54) is 11.6 Å². The molecule has 0 bridgehead atoms. The summed E-state index contributed by atoms with van der Waals surface area (Å²) >= 11 is 16.2. The molecule has 1 heterocycles. The lowest BCUT2D eigenvalue weighted by Gasteiger charge is -2.09. The van der Waals surface area contributed by atoms with E-state index in [1.807, 2.05) is 0 Å². The van der Waals surface area contributed by atoms with Gasteiger partial charge < -0.3 is 4.57 Å². The summed E-state index contributed by atoms with van der Waals surface area (Å²) in [5, 5.41) is 0. The number of carbonyl (C=O) groups is 1. The molecule has 0 unspecified atom stereocenters. The molecule has 0 amide bonds. The second-order valence-electron chi connectivity index (χ2n) is 2.94. The largest absolute Gasteiger partial charge is 0.347 e. The summed E-state index contributed by atoms with van der Waals surface area (Å²) in [6.45, 7) is 0. The topological polar surface area (TPSA) is 56.1 Å². The van der Waals surface area contributed by atoms with Gasteiger partial charge in [-0.15, -0.1) is 0 Å². The summed E-state index contributed by atoms with van der Waals surface area (Å²) in [7, 11) is 2.64. The van der Waals surface area contributed by atoms with Crippen LogP contribution in [-0.2, 0) is 16.1 Å². The third kappa shape index (κ3) is 3.05. The van der Waals surface area contributed by atoms with E-state index in [0.717, 1.165) is 12.3 Å². The fraction of sp³-hybridized carbons (Fsp3) is 0.286. The SMILES string of the molecule is Cn1cc(S(=O)(=O)Cl)cc1C(=O)C(Cl)(Cl)Cl. The molecule has 16 heavy (non-hydrogen) atoms. The van der Waals surface area contributed by atoms with Crippen LogP contribution in [0.5, 0.6) is 0 Å². The van der Waals surface area contributed by atoms with Crippen molar-refractivity contribution in [1.82, 2.24) is 4.57 Å². The average molecular weight is 325 g/mol. The van der Waals surface area contributed by atoms with Crippen molar-refractivity contribution in [2.75, 3.05) is 0 Å². The number of hydrogen-bond acceptors (Lipinski definition) is 3. The molecule has 0 spiro atoms. The maximum atomic E-state index is 11.6. The minimum atomic E-state index is -3.91. The highest BCUT2D eigenvalue weighted by atomic mass is 35.7. The molecule has 0 aliphatic carbocycles. The lowest BCUT2D eigenvalue weighted by molar-refractivity contribution is 0.0988. The molecule has 9 heteroatoms. The van der Waals surface area contributed by atoms with Crippen LogP contribution >= 0.6 is 45.5 Å². The summed E-state index contributed by atoms with van der Waals surface area (Å²) < 4.78 is 21.1. The molecule has 1 aromatic rings. The lowest BCUT2D eigenvalue weighted by Crippen LogP contribution is -2.21. The van der Waals surface area contributed by atoms with Crippen LogP contribution in [0.2, 0.25) is 0 Å². The Hall–Kier alpha value is 0.0600. The number of hydrogen-bond donors (Lipinski definition) is 0. The van der Waals surface area contributed by atoms with Gasteiger partial charge in [0.2, 0.25) is 5.78 Å². The Labute approximate surface area is 111 Å². The van der Waals surface area contributed by atoms with E-state index in [0.29, 0.717) is 0 Å². The molecular weight excluding hydrogens is 320 g/mol. The van der Waals surface area contributed by atoms with Gasteiger partial charge in [0.15, 0.2) is 0 Å². The molecule has 1 aromatic heterocycles. The maximum Gasteiger partial charge on any atom is 0.262 e. The highest BCUT2D eigenvalue weighted by molar-refractivity contribution is 8.13.